The van der Waals surface area contributed by atoms with Crippen molar-refractivity contribution in [3.63, 3.8) is 0 Å². The molecule has 3 unspecified atom stereocenters. The first-order chi connectivity index (χ1) is 10.2. The molecule has 5 heteroatoms. The average Bonchev–Trinajstić information content (AvgIpc) is 2.92. The van der Waals surface area contributed by atoms with Gasteiger partial charge in [-0.15, -0.1) is 0 Å². The first-order valence-corrected chi connectivity index (χ1v) is 8.24. The summed E-state index contributed by atoms with van der Waals surface area (Å²) >= 11 is 0. The fourth-order valence-electron chi connectivity index (χ4n) is 3.79. The number of aryl methyl sites for hydroxylation is 1. The molecule has 1 amide bonds. The standard InChI is InChI=1S/C16H26N4O/c1-20-13(9-11-18-20)8-10-17-16(21)15-7-6-12-4-2-3-5-14(12)19-15/h9,11-12,14-15,19H,2-8,10H2,1H3,(H,17,21). The van der Waals surface area contributed by atoms with Crippen molar-refractivity contribution < 1.29 is 4.79 Å². The molecule has 5 nitrogen and oxygen atoms in total. The summed E-state index contributed by atoms with van der Waals surface area (Å²) in [5.74, 6) is 0.971. The SMILES string of the molecule is Cn1nccc1CCNC(=O)C1CCC2CCCCC2N1. The molecule has 1 aliphatic carbocycles. The highest BCUT2D eigenvalue weighted by atomic mass is 16.2. The molecular formula is C16H26N4O. The summed E-state index contributed by atoms with van der Waals surface area (Å²) in [5, 5.41) is 10.8. The van der Waals surface area contributed by atoms with Crippen LogP contribution >= 0.6 is 0 Å². The number of nitrogens with zero attached hydrogens (tertiary/aromatic N) is 2. The molecule has 1 saturated heterocycles. The lowest BCUT2D eigenvalue weighted by molar-refractivity contribution is -0.124. The Morgan fingerprint density at radius 3 is 3.05 bits per heavy atom. The van der Waals surface area contributed by atoms with Gasteiger partial charge in [0.25, 0.3) is 0 Å². The predicted octanol–water partition coefficient (Wildman–Crippen LogP) is 1.39. The van der Waals surface area contributed by atoms with E-state index in [9.17, 15) is 4.79 Å². The zero-order chi connectivity index (χ0) is 14.7. The van der Waals surface area contributed by atoms with Crippen LogP contribution in [-0.4, -0.2) is 34.3 Å². The number of amides is 1. The molecule has 0 radical (unpaired) electrons. The van der Waals surface area contributed by atoms with E-state index in [0.29, 0.717) is 12.6 Å². The van der Waals surface area contributed by atoms with Crippen LogP contribution in [0.3, 0.4) is 0 Å². The average molecular weight is 290 g/mol. The number of hydrogen-bond acceptors (Lipinski definition) is 3. The van der Waals surface area contributed by atoms with E-state index >= 15 is 0 Å². The number of aromatic nitrogens is 2. The fourth-order valence-corrected chi connectivity index (χ4v) is 3.79. The lowest BCUT2D eigenvalue weighted by Gasteiger charge is -2.39. The quantitative estimate of drug-likeness (QED) is 0.881. The Morgan fingerprint density at radius 2 is 2.24 bits per heavy atom. The van der Waals surface area contributed by atoms with Gasteiger partial charge >= 0.3 is 0 Å². The Morgan fingerprint density at radius 1 is 1.38 bits per heavy atom. The highest BCUT2D eigenvalue weighted by Crippen LogP contribution is 2.32. The second kappa shape index (κ2) is 6.60. The molecular weight excluding hydrogens is 264 g/mol. The first-order valence-electron chi connectivity index (χ1n) is 8.24. The minimum absolute atomic E-state index is 0.0101. The first kappa shape index (κ1) is 14.6. The van der Waals surface area contributed by atoms with E-state index in [2.05, 4.69) is 15.7 Å². The van der Waals surface area contributed by atoms with E-state index in [-0.39, 0.29) is 11.9 Å². The Bertz CT molecular complexity index is 484. The maximum atomic E-state index is 12.3. The molecule has 1 aromatic rings. The van der Waals surface area contributed by atoms with Crippen LogP contribution < -0.4 is 10.6 Å². The number of hydrogen-bond donors (Lipinski definition) is 2. The smallest absolute Gasteiger partial charge is 0.237 e. The van der Waals surface area contributed by atoms with Crippen LogP contribution in [0.25, 0.3) is 0 Å². The summed E-state index contributed by atoms with van der Waals surface area (Å²) in [7, 11) is 1.93. The molecule has 1 aliphatic heterocycles. The van der Waals surface area contributed by atoms with Crippen LogP contribution in [-0.2, 0) is 18.3 Å². The molecule has 3 rings (SSSR count). The highest BCUT2D eigenvalue weighted by molar-refractivity contribution is 5.81. The van der Waals surface area contributed by atoms with E-state index in [1.165, 1.54) is 32.1 Å². The van der Waals surface area contributed by atoms with Crippen molar-refractivity contribution in [1.82, 2.24) is 20.4 Å². The number of rotatable bonds is 4. The van der Waals surface area contributed by atoms with E-state index in [1.54, 1.807) is 6.20 Å². The zero-order valence-electron chi connectivity index (χ0n) is 12.8. The Balaban J connectivity index is 1.44. The molecule has 116 valence electrons. The number of carbonyl (C=O) groups is 1. The van der Waals surface area contributed by atoms with Crippen molar-refractivity contribution in [2.24, 2.45) is 13.0 Å². The summed E-state index contributed by atoms with van der Waals surface area (Å²) in [6.07, 6.45) is 10.1. The van der Waals surface area contributed by atoms with E-state index in [1.807, 2.05) is 17.8 Å². The molecule has 0 bridgehead atoms. The largest absolute Gasteiger partial charge is 0.354 e. The molecule has 1 aromatic heterocycles. The number of piperidine rings is 1. The number of carbonyl (C=O) groups excluding carboxylic acids is 1. The summed E-state index contributed by atoms with van der Waals surface area (Å²) in [6, 6.07) is 2.58. The highest BCUT2D eigenvalue weighted by Gasteiger charge is 2.34. The minimum Gasteiger partial charge on any atom is -0.354 e. The Labute approximate surface area is 126 Å². The third kappa shape index (κ3) is 3.46. The van der Waals surface area contributed by atoms with Gasteiger partial charge in [0, 0.05) is 37.9 Å². The zero-order valence-corrected chi connectivity index (χ0v) is 12.8. The number of fused-ring (bicyclic) bond motifs is 1. The molecule has 3 atom stereocenters. The van der Waals surface area contributed by atoms with Crippen molar-refractivity contribution >= 4 is 5.91 Å². The van der Waals surface area contributed by atoms with Crippen molar-refractivity contribution in [3.8, 4) is 0 Å². The van der Waals surface area contributed by atoms with Crippen molar-refractivity contribution in [2.45, 2.75) is 57.0 Å². The topological polar surface area (TPSA) is 59.0 Å². The summed E-state index contributed by atoms with van der Waals surface area (Å²) in [4.78, 5) is 12.3. The third-order valence-electron chi connectivity index (χ3n) is 5.07. The van der Waals surface area contributed by atoms with Gasteiger partial charge in [0.05, 0.1) is 6.04 Å². The van der Waals surface area contributed by atoms with Crippen molar-refractivity contribution in [2.75, 3.05) is 6.54 Å². The van der Waals surface area contributed by atoms with E-state index in [0.717, 1.165) is 24.5 Å². The normalized spacial score (nSPS) is 28.9. The Kier molecular flexibility index (Phi) is 4.58. The van der Waals surface area contributed by atoms with Crippen LogP contribution in [0.5, 0.6) is 0 Å². The predicted molar refractivity (Wildman–Crippen MR) is 81.8 cm³/mol. The van der Waals surface area contributed by atoms with Crippen LogP contribution in [0.1, 0.15) is 44.2 Å². The maximum Gasteiger partial charge on any atom is 0.237 e. The van der Waals surface area contributed by atoms with Crippen molar-refractivity contribution in [1.29, 1.82) is 0 Å². The molecule has 2 N–H and O–H groups in total. The monoisotopic (exact) mass is 290 g/mol. The third-order valence-corrected chi connectivity index (χ3v) is 5.07. The summed E-state index contributed by atoms with van der Waals surface area (Å²) < 4.78 is 1.86. The van der Waals surface area contributed by atoms with Gasteiger partial charge in [0.1, 0.15) is 0 Å². The van der Waals surface area contributed by atoms with Gasteiger partial charge in [-0.3, -0.25) is 9.48 Å². The minimum atomic E-state index is 0.0101. The molecule has 0 aromatic carbocycles. The molecule has 0 spiro atoms. The Hall–Kier alpha value is -1.36. The lowest BCUT2D eigenvalue weighted by atomic mass is 9.77. The fraction of sp³-hybridized carbons (Fsp3) is 0.750. The molecule has 2 aliphatic rings. The van der Waals surface area contributed by atoms with E-state index < -0.39 is 0 Å². The van der Waals surface area contributed by atoms with Crippen molar-refractivity contribution in [3.05, 3.63) is 18.0 Å². The number of nitrogens with one attached hydrogen (secondary N) is 2. The molecule has 2 fully saturated rings. The second-order valence-electron chi connectivity index (χ2n) is 6.43. The second-order valence-corrected chi connectivity index (χ2v) is 6.43. The lowest BCUT2D eigenvalue weighted by Crippen LogP contribution is -2.55. The van der Waals surface area contributed by atoms with Crippen LogP contribution in [0.15, 0.2) is 12.3 Å². The molecule has 1 saturated carbocycles. The van der Waals surface area contributed by atoms with Gasteiger partial charge in [-0.2, -0.15) is 5.10 Å². The summed E-state index contributed by atoms with van der Waals surface area (Å²) in [6.45, 7) is 0.685. The van der Waals surface area contributed by atoms with Gasteiger partial charge in [-0.25, -0.2) is 0 Å². The maximum absolute atomic E-state index is 12.3. The summed E-state index contributed by atoms with van der Waals surface area (Å²) in [5.41, 5.74) is 1.15. The van der Waals surface area contributed by atoms with Crippen LogP contribution in [0, 0.1) is 5.92 Å². The van der Waals surface area contributed by atoms with Gasteiger partial charge < -0.3 is 10.6 Å². The van der Waals surface area contributed by atoms with Gasteiger partial charge in [-0.1, -0.05) is 12.8 Å². The van der Waals surface area contributed by atoms with E-state index in [4.69, 9.17) is 0 Å². The van der Waals surface area contributed by atoms with Crippen LogP contribution in [0.4, 0.5) is 0 Å². The van der Waals surface area contributed by atoms with Gasteiger partial charge in [0.15, 0.2) is 0 Å². The van der Waals surface area contributed by atoms with Crippen LogP contribution in [0.2, 0.25) is 0 Å². The molecule has 2 heterocycles. The molecule has 21 heavy (non-hydrogen) atoms. The van der Waals surface area contributed by atoms with Gasteiger partial charge in [0.2, 0.25) is 5.91 Å². The van der Waals surface area contributed by atoms with Gasteiger partial charge in [-0.05, 0) is 37.7 Å².